The van der Waals surface area contributed by atoms with Crippen molar-refractivity contribution in [3.63, 3.8) is 0 Å². The van der Waals surface area contributed by atoms with Crippen molar-refractivity contribution in [1.29, 1.82) is 0 Å². The number of rotatable bonds is 8. The number of aryl methyl sites for hydroxylation is 1. The van der Waals surface area contributed by atoms with Crippen LogP contribution in [0.25, 0.3) is 10.9 Å². The molecule has 4 amide bonds. The van der Waals surface area contributed by atoms with Crippen LogP contribution in [-0.2, 0) is 23.9 Å². The summed E-state index contributed by atoms with van der Waals surface area (Å²) in [4.78, 5) is 65.5. The standard InChI is InChI=1S/C24H31N5O7/c1-14-26-20-15(22(33)29(14)17-8-9-18(30)28-21(17)32)6-5-7-16(20)27-19(31)10-12-35-13-11-25-23(34)36-24(2,3)4/h5-7,17H,8-13H2,1-4H3,(H,25,34)(H,27,31)(H,28,30,32). The van der Waals surface area contributed by atoms with Gasteiger partial charge in [0.2, 0.25) is 17.7 Å². The molecule has 12 heteroatoms. The number of benzene rings is 1. The number of amides is 4. The number of hydrogen-bond donors (Lipinski definition) is 3. The fraction of sp³-hybridized carbons (Fsp3) is 0.500. The van der Waals surface area contributed by atoms with Crippen LogP contribution in [0, 0.1) is 6.92 Å². The fourth-order valence-electron chi connectivity index (χ4n) is 3.74. The van der Waals surface area contributed by atoms with Crippen LogP contribution in [0.3, 0.4) is 0 Å². The van der Waals surface area contributed by atoms with E-state index in [9.17, 15) is 24.0 Å². The number of piperidine rings is 1. The van der Waals surface area contributed by atoms with Gasteiger partial charge in [0.15, 0.2) is 0 Å². The molecule has 1 aliphatic heterocycles. The largest absolute Gasteiger partial charge is 0.444 e. The maximum atomic E-state index is 13.2. The van der Waals surface area contributed by atoms with E-state index in [4.69, 9.17) is 9.47 Å². The molecule has 0 bridgehead atoms. The van der Waals surface area contributed by atoms with E-state index in [2.05, 4.69) is 20.9 Å². The second-order valence-electron chi connectivity index (χ2n) is 9.34. The van der Waals surface area contributed by atoms with Crippen molar-refractivity contribution < 1.29 is 28.7 Å². The highest BCUT2D eigenvalue weighted by Gasteiger charge is 2.30. The van der Waals surface area contributed by atoms with Crippen molar-refractivity contribution in [1.82, 2.24) is 20.2 Å². The van der Waals surface area contributed by atoms with Gasteiger partial charge in [0, 0.05) is 13.0 Å². The Kier molecular flexibility index (Phi) is 8.41. The van der Waals surface area contributed by atoms with Crippen LogP contribution in [0.4, 0.5) is 10.5 Å². The molecule has 3 N–H and O–H groups in total. The number of anilines is 1. The number of imide groups is 1. The summed E-state index contributed by atoms with van der Waals surface area (Å²) in [6.45, 7) is 7.47. The molecule has 2 aromatic rings. The van der Waals surface area contributed by atoms with Crippen LogP contribution >= 0.6 is 0 Å². The summed E-state index contributed by atoms with van der Waals surface area (Å²) in [5.74, 6) is -0.951. The molecule has 2 heterocycles. The van der Waals surface area contributed by atoms with Crippen LogP contribution in [0.15, 0.2) is 23.0 Å². The first-order valence-corrected chi connectivity index (χ1v) is 11.7. The van der Waals surface area contributed by atoms with Crippen molar-refractivity contribution in [3.05, 3.63) is 34.4 Å². The molecule has 12 nitrogen and oxygen atoms in total. The molecule has 36 heavy (non-hydrogen) atoms. The second kappa shape index (κ2) is 11.3. The van der Waals surface area contributed by atoms with Crippen LogP contribution in [0.2, 0.25) is 0 Å². The van der Waals surface area contributed by atoms with Crippen molar-refractivity contribution in [2.75, 3.05) is 25.1 Å². The van der Waals surface area contributed by atoms with Gasteiger partial charge < -0.3 is 20.1 Å². The van der Waals surface area contributed by atoms with Crippen molar-refractivity contribution in [2.45, 2.75) is 58.6 Å². The number of fused-ring (bicyclic) bond motifs is 1. The molecule has 0 spiro atoms. The van der Waals surface area contributed by atoms with Gasteiger partial charge in [0.1, 0.15) is 23.0 Å². The Bertz CT molecular complexity index is 1230. The Morgan fingerprint density at radius 1 is 1.19 bits per heavy atom. The Morgan fingerprint density at radius 3 is 2.64 bits per heavy atom. The Hall–Kier alpha value is -3.80. The summed E-state index contributed by atoms with van der Waals surface area (Å²) >= 11 is 0. The number of aromatic nitrogens is 2. The summed E-state index contributed by atoms with van der Waals surface area (Å²) in [5, 5.41) is 7.80. The summed E-state index contributed by atoms with van der Waals surface area (Å²) in [6, 6.07) is 3.99. The van der Waals surface area contributed by atoms with Crippen molar-refractivity contribution in [3.8, 4) is 0 Å². The zero-order chi connectivity index (χ0) is 26.5. The number of carbonyl (C=O) groups excluding carboxylic acids is 4. The first-order valence-electron chi connectivity index (χ1n) is 11.7. The first-order chi connectivity index (χ1) is 17.0. The highest BCUT2D eigenvalue weighted by atomic mass is 16.6. The molecule has 0 radical (unpaired) electrons. The van der Waals surface area contributed by atoms with Gasteiger partial charge in [-0.25, -0.2) is 9.78 Å². The van der Waals surface area contributed by atoms with Crippen molar-refractivity contribution >= 4 is 40.4 Å². The maximum Gasteiger partial charge on any atom is 0.407 e. The minimum atomic E-state index is -0.827. The lowest BCUT2D eigenvalue weighted by Gasteiger charge is -2.24. The minimum Gasteiger partial charge on any atom is -0.444 e. The Labute approximate surface area is 207 Å². The molecule has 1 aliphatic rings. The minimum absolute atomic E-state index is 0.0507. The third-order valence-electron chi connectivity index (χ3n) is 5.29. The Balaban J connectivity index is 1.59. The molecule has 0 saturated carbocycles. The lowest BCUT2D eigenvalue weighted by Crippen LogP contribution is -2.45. The topological polar surface area (TPSA) is 158 Å². The van der Waals surface area contributed by atoms with Crippen LogP contribution in [0.5, 0.6) is 0 Å². The quantitative estimate of drug-likeness (QED) is 0.363. The number of alkyl carbamates (subject to hydrolysis) is 1. The van der Waals surface area contributed by atoms with E-state index < -0.39 is 29.2 Å². The maximum absolute atomic E-state index is 13.2. The van der Waals surface area contributed by atoms with Gasteiger partial charge >= 0.3 is 6.09 Å². The van der Waals surface area contributed by atoms with E-state index in [0.29, 0.717) is 17.0 Å². The van der Waals surface area contributed by atoms with E-state index in [-0.39, 0.29) is 56.2 Å². The van der Waals surface area contributed by atoms with E-state index in [1.807, 2.05) is 0 Å². The number of nitrogens with one attached hydrogen (secondary N) is 3. The molecule has 1 fully saturated rings. The molecule has 1 unspecified atom stereocenters. The first kappa shape index (κ1) is 26.8. The monoisotopic (exact) mass is 501 g/mol. The smallest absolute Gasteiger partial charge is 0.407 e. The van der Waals surface area contributed by atoms with Gasteiger partial charge in [0.25, 0.3) is 5.56 Å². The van der Waals surface area contributed by atoms with Crippen LogP contribution in [0.1, 0.15) is 51.9 Å². The molecular formula is C24H31N5O7. The molecule has 1 aromatic carbocycles. The molecule has 0 aliphatic carbocycles. The summed E-state index contributed by atoms with van der Waals surface area (Å²) in [6.07, 6.45) is -0.146. The number of nitrogens with zero attached hydrogens (tertiary/aromatic N) is 2. The lowest BCUT2D eigenvalue weighted by molar-refractivity contribution is -0.135. The van der Waals surface area contributed by atoms with E-state index >= 15 is 0 Å². The number of hydrogen-bond acceptors (Lipinski definition) is 8. The SMILES string of the molecule is Cc1nc2c(NC(=O)CCOCCNC(=O)OC(C)(C)C)cccc2c(=O)n1C1CCC(=O)NC1=O. The van der Waals surface area contributed by atoms with Gasteiger partial charge in [-0.1, -0.05) is 6.07 Å². The summed E-state index contributed by atoms with van der Waals surface area (Å²) in [5.41, 5.74) is -0.348. The third-order valence-corrected chi connectivity index (χ3v) is 5.29. The average molecular weight is 502 g/mol. The van der Waals surface area contributed by atoms with E-state index in [1.54, 1.807) is 45.9 Å². The van der Waals surface area contributed by atoms with Gasteiger partial charge in [-0.2, -0.15) is 0 Å². The molecule has 3 rings (SSSR count). The van der Waals surface area contributed by atoms with E-state index in [1.165, 1.54) is 4.57 Å². The fourth-order valence-corrected chi connectivity index (χ4v) is 3.74. The predicted molar refractivity (Wildman–Crippen MR) is 130 cm³/mol. The third kappa shape index (κ3) is 6.87. The normalized spacial score (nSPS) is 15.9. The number of ether oxygens (including phenoxy) is 2. The van der Waals surface area contributed by atoms with Crippen LogP contribution in [-0.4, -0.2) is 58.7 Å². The van der Waals surface area contributed by atoms with E-state index in [0.717, 1.165) is 0 Å². The van der Waals surface area contributed by atoms with Gasteiger partial charge in [0.05, 0.1) is 30.7 Å². The van der Waals surface area contributed by atoms with Crippen LogP contribution < -0.4 is 21.5 Å². The van der Waals surface area contributed by atoms with Gasteiger partial charge in [-0.15, -0.1) is 0 Å². The molecule has 1 aromatic heterocycles. The van der Waals surface area contributed by atoms with Crippen molar-refractivity contribution in [2.24, 2.45) is 0 Å². The molecule has 1 saturated heterocycles. The predicted octanol–water partition coefficient (Wildman–Crippen LogP) is 1.55. The summed E-state index contributed by atoms with van der Waals surface area (Å²) < 4.78 is 11.8. The summed E-state index contributed by atoms with van der Waals surface area (Å²) in [7, 11) is 0. The molecule has 194 valence electrons. The van der Waals surface area contributed by atoms with Gasteiger partial charge in [-0.05, 0) is 46.2 Å². The zero-order valence-electron chi connectivity index (χ0n) is 20.8. The lowest BCUT2D eigenvalue weighted by atomic mass is 10.1. The Morgan fingerprint density at radius 2 is 1.94 bits per heavy atom. The highest BCUT2D eigenvalue weighted by molar-refractivity contribution is 6.01. The highest BCUT2D eigenvalue weighted by Crippen LogP contribution is 2.23. The number of para-hydroxylation sites is 1. The molecule has 1 atom stereocenters. The van der Waals surface area contributed by atoms with Gasteiger partial charge in [-0.3, -0.25) is 29.1 Å². The number of carbonyl (C=O) groups is 4. The zero-order valence-corrected chi connectivity index (χ0v) is 20.8. The molecular weight excluding hydrogens is 470 g/mol. The second-order valence-corrected chi connectivity index (χ2v) is 9.34. The average Bonchev–Trinajstić information content (AvgIpc) is 2.77.